The molecule has 2 heterocycles. The predicted octanol–water partition coefficient (Wildman–Crippen LogP) is 1.41. The number of hydrogen-bond donors (Lipinski definition) is 0. The Kier molecular flexibility index (Phi) is 2.68. The van der Waals surface area contributed by atoms with Crippen molar-refractivity contribution in [2.45, 2.75) is 20.3 Å². The van der Waals surface area contributed by atoms with Gasteiger partial charge in [0, 0.05) is 18.9 Å². The Balaban J connectivity index is 2.51. The number of carbonyl (C=O) groups excluding carboxylic acids is 1. The number of esters is 1. The van der Waals surface area contributed by atoms with Crippen LogP contribution in [0.5, 0.6) is 0 Å². The Bertz CT molecular complexity index is 525. The third-order valence-corrected chi connectivity index (χ3v) is 2.61. The lowest BCUT2D eigenvalue weighted by Gasteiger charge is -2.01. The van der Waals surface area contributed by atoms with E-state index in [9.17, 15) is 4.79 Å². The summed E-state index contributed by atoms with van der Waals surface area (Å²) in [7, 11) is 1.81. The van der Waals surface area contributed by atoms with Gasteiger partial charge in [0.05, 0.1) is 12.8 Å². The lowest BCUT2D eigenvalue weighted by molar-refractivity contribution is 0.0515. The van der Waals surface area contributed by atoms with Gasteiger partial charge in [0.15, 0.2) is 0 Å². The van der Waals surface area contributed by atoms with E-state index in [0.717, 1.165) is 17.9 Å². The first-order chi connectivity index (χ1) is 7.69. The van der Waals surface area contributed by atoms with Crippen molar-refractivity contribution in [3.63, 3.8) is 0 Å². The SMILES string of the molecule is CCOC(=O)c1cn2c(CC)cnc2n1C. The van der Waals surface area contributed by atoms with Crippen molar-refractivity contribution in [1.29, 1.82) is 0 Å². The number of nitrogens with zero attached hydrogens (tertiary/aromatic N) is 3. The Labute approximate surface area is 93.7 Å². The number of hydrogen-bond acceptors (Lipinski definition) is 3. The zero-order valence-corrected chi connectivity index (χ0v) is 9.73. The van der Waals surface area contributed by atoms with Crippen LogP contribution in [0.15, 0.2) is 12.4 Å². The normalized spacial score (nSPS) is 10.9. The van der Waals surface area contributed by atoms with Gasteiger partial charge in [-0.05, 0) is 13.3 Å². The summed E-state index contributed by atoms with van der Waals surface area (Å²) < 4.78 is 8.65. The number of rotatable bonds is 3. The first-order valence-electron chi connectivity index (χ1n) is 5.37. The van der Waals surface area contributed by atoms with Crippen LogP contribution in [0.3, 0.4) is 0 Å². The molecule has 86 valence electrons. The van der Waals surface area contributed by atoms with Crippen LogP contribution in [0.4, 0.5) is 0 Å². The molecule has 0 aliphatic heterocycles. The molecule has 2 aromatic heterocycles. The molecule has 0 spiro atoms. The number of carbonyl (C=O) groups is 1. The minimum Gasteiger partial charge on any atom is -0.461 e. The second kappa shape index (κ2) is 4.00. The fourth-order valence-electron chi connectivity index (χ4n) is 1.75. The highest BCUT2D eigenvalue weighted by molar-refractivity contribution is 5.88. The van der Waals surface area contributed by atoms with Gasteiger partial charge in [-0.2, -0.15) is 0 Å². The minimum atomic E-state index is -0.308. The summed E-state index contributed by atoms with van der Waals surface area (Å²) in [6.07, 6.45) is 4.48. The molecular formula is C11H15N3O2. The van der Waals surface area contributed by atoms with Gasteiger partial charge >= 0.3 is 5.97 Å². The molecule has 0 unspecified atom stereocenters. The van der Waals surface area contributed by atoms with E-state index in [4.69, 9.17) is 4.74 Å². The third-order valence-electron chi connectivity index (χ3n) is 2.61. The highest BCUT2D eigenvalue weighted by Crippen LogP contribution is 2.12. The Morgan fingerprint density at radius 2 is 2.25 bits per heavy atom. The maximum absolute atomic E-state index is 11.6. The van der Waals surface area contributed by atoms with E-state index in [0.29, 0.717) is 12.3 Å². The monoisotopic (exact) mass is 221 g/mol. The van der Waals surface area contributed by atoms with Crippen molar-refractivity contribution >= 4 is 11.7 Å². The number of fused-ring (bicyclic) bond motifs is 1. The van der Waals surface area contributed by atoms with Crippen molar-refractivity contribution < 1.29 is 9.53 Å². The Morgan fingerprint density at radius 1 is 1.50 bits per heavy atom. The van der Waals surface area contributed by atoms with Crippen LogP contribution in [0.2, 0.25) is 0 Å². The molecule has 0 saturated carbocycles. The molecule has 0 aliphatic carbocycles. The van der Waals surface area contributed by atoms with Gasteiger partial charge in [-0.15, -0.1) is 0 Å². The van der Waals surface area contributed by atoms with Gasteiger partial charge in [-0.25, -0.2) is 9.78 Å². The molecule has 0 fully saturated rings. The van der Waals surface area contributed by atoms with E-state index < -0.39 is 0 Å². The number of aryl methyl sites for hydroxylation is 2. The molecule has 0 aromatic carbocycles. The largest absolute Gasteiger partial charge is 0.461 e. The molecule has 5 heteroatoms. The van der Waals surface area contributed by atoms with Gasteiger partial charge < -0.3 is 9.30 Å². The summed E-state index contributed by atoms with van der Waals surface area (Å²) in [5.74, 6) is 0.456. The Morgan fingerprint density at radius 3 is 2.88 bits per heavy atom. The Hall–Kier alpha value is -1.78. The van der Waals surface area contributed by atoms with Crippen LogP contribution in [-0.2, 0) is 18.2 Å². The predicted molar refractivity (Wildman–Crippen MR) is 59.5 cm³/mol. The van der Waals surface area contributed by atoms with Crippen LogP contribution >= 0.6 is 0 Å². The van der Waals surface area contributed by atoms with Crippen LogP contribution in [0.1, 0.15) is 30.0 Å². The molecule has 0 saturated heterocycles. The molecule has 16 heavy (non-hydrogen) atoms. The van der Waals surface area contributed by atoms with Gasteiger partial charge in [0.2, 0.25) is 5.78 Å². The standard InChI is InChI=1S/C11H15N3O2/c1-4-8-6-12-11-13(3)9(7-14(8)11)10(15)16-5-2/h6-7H,4-5H2,1-3H3. The number of aromatic nitrogens is 3. The highest BCUT2D eigenvalue weighted by Gasteiger charge is 2.16. The highest BCUT2D eigenvalue weighted by atomic mass is 16.5. The van der Waals surface area contributed by atoms with E-state index in [1.807, 2.05) is 17.6 Å². The smallest absolute Gasteiger partial charge is 0.356 e. The zero-order chi connectivity index (χ0) is 11.7. The lowest BCUT2D eigenvalue weighted by atomic mass is 10.4. The van der Waals surface area contributed by atoms with E-state index >= 15 is 0 Å². The minimum absolute atomic E-state index is 0.308. The lowest BCUT2D eigenvalue weighted by Crippen LogP contribution is -2.09. The zero-order valence-electron chi connectivity index (χ0n) is 9.73. The third kappa shape index (κ3) is 1.48. The van der Waals surface area contributed by atoms with Crippen molar-refractivity contribution in [2.75, 3.05) is 6.61 Å². The van der Waals surface area contributed by atoms with Crippen LogP contribution in [0.25, 0.3) is 5.78 Å². The van der Waals surface area contributed by atoms with Gasteiger partial charge in [-0.1, -0.05) is 6.92 Å². The quantitative estimate of drug-likeness (QED) is 0.736. The summed E-state index contributed by atoms with van der Waals surface area (Å²) in [5, 5.41) is 0. The first kappa shape index (κ1) is 10.7. The van der Waals surface area contributed by atoms with Crippen LogP contribution in [-0.4, -0.2) is 26.5 Å². The average Bonchev–Trinajstić information content (AvgIpc) is 2.79. The van der Waals surface area contributed by atoms with Crippen LogP contribution < -0.4 is 0 Å². The maximum atomic E-state index is 11.6. The van der Waals surface area contributed by atoms with Gasteiger partial charge in [0.25, 0.3) is 0 Å². The molecule has 2 aromatic rings. The summed E-state index contributed by atoms with van der Waals surface area (Å²) in [4.78, 5) is 15.9. The second-order valence-electron chi connectivity index (χ2n) is 3.57. The number of ether oxygens (including phenoxy) is 1. The van der Waals surface area contributed by atoms with Crippen molar-refractivity contribution in [3.05, 3.63) is 23.8 Å². The maximum Gasteiger partial charge on any atom is 0.356 e. The van der Waals surface area contributed by atoms with Crippen molar-refractivity contribution in [3.8, 4) is 0 Å². The molecule has 0 bridgehead atoms. The summed E-state index contributed by atoms with van der Waals surface area (Å²) in [5.41, 5.74) is 1.61. The van der Waals surface area contributed by atoms with Crippen molar-refractivity contribution in [2.24, 2.45) is 7.05 Å². The van der Waals surface area contributed by atoms with E-state index in [2.05, 4.69) is 11.9 Å². The molecule has 2 rings (SSSR count). The van der Waals surface area contributed by atoms with Crippen molar-refractivity contribution in [1.82, 2.24) is 14.0 Å². The second-order valence-corrected chi connectivity index (χ2v) is 3.57. The first-order valence-corrected chi connectivity index (χ1v) is 5.37. The average molecular weight is 221 g/mol. The molecule has 5 nitrogen and oxygen atoms in total. The van der Waals surface area contributed by atoms with E-state index in [1.165, 1.54) is 0 Å². The fourth-order valence-corrected chi connectivity index (χ4v) is 1.75. The van der Waals surface area contributed by atoms with Gasteiger partial charge in [-0.3, -0.25) is 4.40 Å². The summed E-state index contributed by atoms with van der Waals surface area (Å²) in [6.45, 7) is 4.23. The molecule has 0 radical (unpaired) electrons. The van der Waals surface area contributed by atoms with E-state index in [-0.39, 0.29) is 5.97 Å². The van der Waals surface area contributed by atoms with Gasteiger partial charge in [0.1, 0.15) is 5.69 Å². The molecular weight excluding hydrogens is 206 g/mol. The fraction of sp³-hybridized carbons (Fsp3) is 0.455. The topological polar surface area (TPSA) is 48.5 Å². The van der Waals surface area contributed by atoms with Crippen LogP contribution in [0, 0.1) is 0 Å². The molecule has 0 atom stereocenters. The van der Waals surface area contributed by atoms with E-state index in [1.54, 1.807) is 17.7 Å². The molecule has 0 aliphatic rings. The molecule has 0 N–H and O–H groups in total. The summed E-state index contributed by atoms with van der Waals surface area (Å²) in [6, 6.07) is 0. The molecule has 0 amide bonds. The number of imidazole rings is 2. The summed E-state index contributed by atoms with van der Waals surface area (Å²) >= 11 is 0.